The van der Waals surface area contributed by atoms with Crippen molar-refractivity contribution < 1.29 is 14.4 Å². The topological polar surface area (TPSA) is 85.8 Å². The molecule has 3 heterocycles. The van der Waals surface area contributed by atoms with Crippen LogP contribution in [-0.2, 0) is 20.9 Å². The summed E-state index contributed by atoms with van der Waals surface area (Å²) in [7, 11) is 2.12. The van der Waals surface area contributed by atoms with Crippen molar-refractivity contribution in [2.24, 2.45) is 17.8 Å². The number of hydrogen-bond acceptors (Lipinski definition) is 6. The Bertz CT molecular complexity index is 896. The highest BCUT2D eigenvalue weighted by Crippen LogP contribution is 2.37. The Morgan fingerprint density at radius 3 is 2.33 bits per heavy atom. The number of piperazine rings is 1. The maximum absolute atomic E-state index is 13.3. The van der Waals surface area contributed by atoms with Crippen LogP contribution in [0.5, 0.6) is 0 Å². The maximum atomic E-state index is 13.3. The highest BCUT2D eigenvalue weighted by atomic mass is 16.2. The molecule has 1 aromatic heterocycles. The molecule has 1 aliphatic carbocycles. The molecular formula is C25H35N5O3. The van der Waals surface area contributed by atoms with Crippen molar-refractivity contribution in [3.63, 3.8) is 0 Å². The minimum Gasteiger partial charge on any atom is -0.354 e. The Labute approximate surface area is 196 Å². The first-order chi connectivity index (χ1) is 15.8. The van der Waals surface area contributed by atoms with E-state index < -0.39 is 6.04 Å². The van der Waals surface area contributed by atoms with Gasteiger partial charge in [-0.2, -0.15) is 0 Å². The van der Waals surface area contributed by atoms with Gasteiger partial charge in [-0.1, -0.05) is 26.0 Å². The summed E-state index contributed by atoms with van der Waals surface area (Å²) in [5.74, 6) is -0.225. The number of likely N-dealkylation sites (tertiary alicyclic amines) is 1. The summed E-state index contributed by atoms with van der Waals surface area (Å²) in [5.41, 5.74) is 0.951. The number of anilines is 1. The van der Waals surface area contributed by atoms with Gasteiger partial charge in [0.15, 0.2) is 0 Å². The van der Waals surface area contributed by atoms with Crippen molar-refractivity contribution >= 4 is 23.5 Å². The summed E-state index contributed by atoms with van der Waals surface area (Å²) in [6.07, 6.45) is 7.32. The molecule has 2 aliphatic heterocycles. The van der Waals surface area contributed by atoms with Gasteiger partial charge in [0.25, 0.3) is 0 Å². The molecule has 4 rings (SSSR count). The van der Waals surface area contributed by atoms with Crippen LogP contribution in [0.15, 0.2) is 30.5 Å². The minimum atomic E-state index is -0.769. The number of likely N-dealkylation sites (N-methyl/N-ethyl adjacent to an activating group) is 1. The number of carbonyl (C=O) groups excluding carboxylic acids is 3. The van der Waals surface area contributed by atoms with Gasteiger partial charge in [-0.25, -0.2) is 4.98 Å². The second kappa shape index (κ2) is 10.0. The monoisotopic (exact) mass is 453 g/mol. The fourth-order valence-electron chi connectivity index (χ4n) is 5.00. The Morgan fingerprint density at radius 2 is 1.73 bits per heavy atom. The fourth-order valence-corrected chi connectivity index (χ4v) is 5.00. The molecule has 8 heteroatoms. The Hall–Kier alpha value is -2.74. The van der Waals surface area contributed by atoms with E-state index in [4.69, 9.17) is 0 Å². The molecule has 3 unspecified atom stereocenters. The lowest BCUT2D eigenvalue weighted by Crippen LogP contribution is -2.50. The molecule has 2 saturated heterocycles. The minimum absolute atomic E-state index is 0.173. The predicted molar refractivity (Wildman–Crippen MR) is 126 cm³/mol. The molecule has 0 saturated carbocycles. The molecule has 1 N–H and O–H groups in total. The van der Waals surface area contributed by atoms with Gasteiger partial charge in [-0.05, 0) is 49.9 Å². The number of imide groups is 1. The van der Waals surface area contributed by atoms with Crippen LogP contribution in [0.25, 0.3) is 0 Å². The highest BCUT2D eigenvalue weighted by Gasteiger charge is 2.51. The van der Waals surface area contributed by atoms with E-state index in [1.165, 1.54) is 4.90 Å². The first kappa shape index (κ1) is 23.4. The van der Waals surface area contributed by atoms with Gasteiger partial charge in [0, 0.05) is 38.9 Å². The summed E-state index contributed by atoms with van der Waals surface area (Å²) in [6.45, 7) is 8.18. The van der Waals surface area contributed by atoms with Crippen molar-refractivity contribution in [3.05, 3.63) is 36.0 Å². The van der Waals surface area contributed by atoms with Gasteiger partial charge in [-0.3, -0.25) is 19.3 Å². The first-order valence-electron chi connectivity index (χ1n) is 12.0. The number of fused-ring (bicyclic) bond motifs is 1. The summed E-state index contributed by atoms with van der Waals surface area (Å²) >= 11 is 0. The van der Waals surface area contributed by atoms with E-state index in [1.807, 2.05) is 38.1 Å². The standard InChI is InChI=1S/C25H35N5O3/c1-17(2)14-21(30-24(32)19-6-4-5-7-20(19)25(30)33)23(31)27-16-18-8-9-26-22(15-18)29-12-10-28(3)11-13-29/h4-5,8-9,15,17,19-21H,6-7,10-14,16H2,1-3H3,(H,27,31). The van der Waals surface area contributed by atoms with E-state index >= 15 is 0 Å². The third-order valence-electron chi connectivity index (χ3n) is 6.95. The van der Waals surface area contributed by atoms with Crippen LogP contribution >= 0.6 is 0 Å². The third kappa shape index (κ3) is 5.11. The van der Waals surface area contributed by atoms with Crippen LogP contribution in [0.3, 0.4) is 0 Å². The van der Waals surface area contributed by atoms with Crippen molar-refractivity contribution in [1.29, 1.82) is 0 Å². The van der Waals surface area contributed by atoms with Crippen LogP contribution in [0.4, 0.5) is 5.82 Å². The third-order valence-corrected chi connectivity index (χ3v) is 6.95. The van der Waals surface area contributed by atoms with Gasteiger partial charge in [-0.15, -0.1) is 0 Å². The number of rotatable bonds is 7. The van der Waals surface area contributed by atoms with Gasteiger partial charge >= 0.3 is 0 Å². The number of pyridine rings is 1. The second-order valence-electron chi connectivity index (χ2n) is 9.88. The maximum Gasteiger partial charge on any atom is 0.243 e. The SMILES string of the molecule is CC(C)CC(C(=O)NCc1ccnc(N2CCN(C)CC2)c1)N1C(=O)C2CC=CCC2C1=O. The number of nitrogens with one attached hydrogen (secondary N) is 1. The molecule has 0 bridgehead atoms. The smallest absolute Gasteiger partial charge is 0.243 e. The summed E-state index contributed by atoms with van der Waals surface area (Å²) < 4.78 is 0. The molecule has 3 atom stereocenters. The zero-order valence-corrected chi connectivity index (χ0v) is 19.9. The molecule has 0 spiro atoms. The largest absolute Gasteiger partial charge is 0.354 e. The zero-order valence-electron chi connectivity index (χ0n) is 19.9. The summed E-state index contributed by atoms with van der Waals surface area (Å²) in [5, 5.41) is 2.99. The lowest BCUT2D eigenvalue weighted by atomic mass is 9.85. The molecule has 33 heavy (non-hydrogen) atoms. The number of allylic oxidation sites excluding steroid dienone is 2. The predicted octanol–water partition coefficient (Wildman–Crippen LogP) is 1.82. The molecule has 1 aromatic rings. The van der Waals surface area contributed by atoms with E-state index in [9.17, 15) is 14.4 Å². The Balaban J connectivity index is 1.44. The van der Waals surface area contributed by atoms with Crippen LogP contribution < -0.4 is 10.2 Å². The number of carbonyl (C=O) groups is 3. The van der Waals surface area contributed by atoms with Gasteiger partial charge in [0.2, 0.25) is 17.7 Å². The molecule has 8 nitrogen and oxygen atoms in total. The first-order valence-corrected chi connectivity index (χ1v) is 12.0. The number of hydrogen-bond donors (Lipinski definition) is 1. The zero-order chi connectivity index (χ0) is 23.5. The molecule has 2 fully saturated rings. The normalized spacial score (nSPS) is 24.4. The Morgan fingerprint density at radius 1 is 1.09 bits per heavy atom. The number of amides is 3. The van der Waals surface area contributed by atoms with E-state index in [-0.39, 0.29) is 35.5 Å². The molecule has 0 radical (unpaired) electrons. The highest BCUT2D eigenvalue weighted by molar-refractivity contribution is 6.08. The summed E-state index contributed by atoms with van der Waals surface area (Å²) in [6, 6.07) is 3.13. The van der Waals surface area contributed by atoms with E-state index in [1.54, 1.807) is 6.20 Å². The number of nitrogens with zero attached hydrogens (tertiary/aromatic N) is 4. The van der Waals surface area contributed by atoms with Crippen molar-refractivity contribution in [3.8, 4) is 0 Å². The molecule has 178 valence electrons. The quantitative estimate of drug-likeness (QED) is 0.501. The van der Waals surface area contributed by atoms with E-state index in [2.05, 4.69) is 27.1 Å². The lowest BCUT2D eigenvalue weighted by molar-refractivity contribution is -0.148. The van der Waals surface area contributed by atoms with Gasteiger partial charge in [0.1, 0.15) is 11.9 Å². The van der Waals surface area contributed by atoms with Crippen molar-refractivity contribution in [2.45, 2.75) is 45.7 Å². The molecule has 0 aromatic carbocycles. The van der Waals surface area contributed by atoms with Crippen LogP contribution in [-0.4, -0.2) is 71.8 Å². The fraction of sp³-hybridized carbons (Fsp3) is 0.600. The average molecular weight is 454 g/mol. The van der Waals surface area contributed by atoms with Crippen LogP contribution in [0, 0.1) is 17.8 Å². The summed E-state index contributed by atoms with van der Waals surface area (Å²) in [4.78, 5) is 49.7. The van der Waals surface area contributed by atoms with Gasteiger partial charge in [0.05, 0.1) is 11.8 Å². The van der Waals surface area contributed by atoms with Crippen LogP contribution in [0.2, 0.25) is 0 Å². The second-order valence-corrected chi connectivity index (χ2v) is 9.88. The number of aromatic nitrogens is 1. The molecular weight excluding hydrogens is 418 g/mol. The Kier molecular flexibility index (Phi) is 7.12. The molecule has 3 aliphatic rings. The van der Waals surface area contributed by atoms with Gasteiger partial charge < -0.3 is 15.1 Å². The lowest BCUT2D eigenvalue weighted by Gasteiger charge is -2.33. The van der Waals surface area contributed by atoms with Crippen molar-refractivity contribution in [2.75, 3.05) is 38.1 Å². The van der Waals surface area contributed by atoms with Crippen molar-refractivity contribution in [1.82, 2.24) is 20.1 Å². The van der Waals surface area contributed by atoms with E-state index in [0.717, 1.165) is 37.6 Å². The molecule has 3 amide bonds. The van der Waals surface area contributed by atoms with E-state index in [0.29, 0.717) is 25.8 Å². The van der Waals surface area contributed by atoms with Crippen LogP contribution in [0.1, 0.15) is 38.7 Å². The average Bonchev–Trinajstić information content (AvgIpc) is 3.06.